The number of aliphatic hydroxyl groups excluding tert-OH is 1. The highest BCUT2D eigenvalue weighted by molar-refractivity contribution is 5.67. The number of hydrogen-bond donors (Lipinski definition) is 1. The maximum Gasteiger partial charge on any atom is 0.268 e. The van der Waals surface area contributed by atoms with Gasteiger partial charge in [-0.2, -0.15) is 0 Å². The molecule has 0 saturated heterocycles. The fourth-order valence-corrected chi connectivity index (χ4v) is 1.93. The Bertz CT molecular complexity index is 538. The Kier molecular flexibility index (Phi) is 3.72. The second-order valence-electron chi connectivity index (χ2n) is 4.22. The van der Waals surface area contributed by atoms with Crippen LogP contribution in [0.15, 0.2) is 48.5 Å². The minimum absolute atomic E-state index is 0.241. The standard InChI is InChI=1S/C15H14F2O/c1-10-5-2-3-8-13(10)11-6-4-7-12(9-11)14(18)15(16)17/h2-9,14-15,18H,1H3. The Morgan fingerprint density at radius 2 is 1.72 bits per heavy atom. The lowest BCUT2D eigenvalue weighted by Gasteiger charge is -2.12. The third kappa shape index (κ3) is 2.57. The van der Waals surface area contributed by atoms with Gasteiger partial charge in [0.05, 0.1) is 0 Å². The Balaban J connectivity index is 2.42. The van der Waals surface area contributed by atoms with Gasteiger partial charge >= 0.3 is 0 Å². The number of benzene rings is 2. The molecular formula is C15H14F2O. The fraction of sp³-hybridized carbons (Fsp3) is 0.200. The van der Waals surface area contributed by atoms with Crippen molar-refractivity contribution in [1.29, 1.82) is 0 Å². The van der Waals surface area contributed by atoms with E-state index >= 15 is 0 Å². The average molecular weight is 248 g/mol. The zero-order chi connectivity index (χ0) is 13.1. The van der Waals surface area contributed by atoms with Gasteiger partial charge in [-0.25, -0.2) is 8.78 Å². The summed E-state index contributed by atoms with van der Waals surface area (Å²) >= 11 is 0. The quantitative estimate of drug-likeness (QED) is 0.871. The maximum absolute atomic E-state index is 12.5. The molecule has 1 unspecified atom stereocenters. The smallest absolute Gasteiger partial charge is 0.268 e. The van der Waals surface area contributed by atoms with Crippen LogP contribution in [0.1, 0.15) is 17.2 Å². The van der Waals surface area contributed by atoms with Gasteiger partial charge in [0, 0.05) is 0 Å². The molecule has 0 fully saturated rings. The topological polar surface area (TPSA) is 20.2 Å². The van der Waals surface area contributed by atoms with Crippen LogP contribution in [0.4, 0.5) is 8.78 Å². The highest BCUT2D eigenvalue weighted by Crippen LogP contribution is 2.27. The molecule has 0 spiro atoms. The van der Waals surface area contributed by atoms with Crippen molar-refractivity contribution in [3.05, 3.63) is 59.7 Å². The summed E-state index contributed by atoms with van der Waals surface area (Å²) in [5.74, 6) is 0. The summed E-state index contributed by atoms with van der Waals surface area (Å²) in [6.45, 7) is 1.96. The van der Waals surface area contributed by atoms with Crippen molar-refractivity contribution in [2.45, 2.75) is 19.5 Å². The zero-order valence-electron chi connectivity index (χ0n) is 9.98. The molecule has 18 heavy (non-hydrogen) atoms. The van der Waals surface area contributed by atoms with Crippen LogP contribution in [-0.4, -0.2) is 11.5 Å². The molecule has 3 heteroatoms. The first-order valence-electron chi connectivity index (χ1n) is 5.72. The third-order valence-corrected chi connectivity index (χ3v) is 2.92. The van der Waals surface area contributed by atoms with Gasteiger partial charge in [-0.3, -0.25) is 0 Å². The number of halogens is 2. The van der Waals surface area contributed by atoms with Crippen LogP contribution in [0, 0.1) is 6.92 Å². The summed E-state index contributed by atoms with van der Waals surface area (Å²) in [6, 6.07) is 14.4. The monoisotopic (exact) mass is 248 g/mol. The van der Waals surface area contributed by atoms with E-state index in [1.165, 1.54) is 6.07 Å². The van der Waals surface area contributed by atoms with Crippen LogP contribution >= 0.6 is 0 Å². The molecule has 0 aliphatic rings. The van der Waals surface area contributed by atoms with Crippen LogP contribution in [0.2, 0.25) is 0 Å². The molecule has 0 aliphatic carbocycles. The van der Waals surface area contributed by atoms with E-state index < -0.39 is 12.5 Å². The molecule has 0 heterocycles. The number of aliphatic hydroxyl groups is 1. The summed E-state index contributed by atoms with van der Waals surface area (Å²) in [4.78, 5) is 0. The largest absolute Gasteiger partial charge is 0.382 e. The van der Waals surface area contributed by atoms with Crippen LogP contribution in [0.5, 0.6) is 0 Å². The predicted octanol–water partition coefficient (Wildman–Crippen LogP) is 3.96. The lowest BCUT2D eigenvalue weighted by molar-refractivity contribution is -0.00575. The van der Waals surface area contributed by atoms with Crippen molar-refractivity contribution in [1.82, 2.24) is 0 Å². The van der Waals surface area contributed by atoms with Gasteiger partial charge < -0.3 is 5.11 Å². The van der Waals surface area contributed by atoms with Gasteiger partial charge in [0.1, 0.15) is 6.10 Å². The summed E-state index contributed by atoms with van der Waals surface area (Å²) in [7, 11) is 0. The second-order valence-corrected chi connectivity index (χ2v) is 4.22. The van der Waals surface area contributed by atoms with E-state index in [0.29, 0.717) is 0 Å². The van der Waals surface area contributed by atoms with Gasteiger partial charge in [0.25, 0.3) is 6.43 Å². The zero-order valence-corrected chi connectivity index (χ0v) is 9.98. The summed E-state index contributed by atoms with van der Waals surface area (Å²) in [6.07, 6.45) is -4.49. The second kappa shape index (κ2) is 5.27. The highest BCUT2D eigenvalue weighted by atomic mass is 19.3. The Morgan fingerprint density at radius 1 is 1.00 bits per heavy atom. The summed E-state index contributed by atoms with van der Waals surface area (Å²) < 4.78 is 25.0. The van der Waals surface area contributed by atoms with Crippen molar-refractivity contribution in [2.24, 2.45) is 0 Å². The lowest BCUT2D eigenvalue weighted by Crippen LogP contribution is -2.07. The Hall–Kier alpha value is -1.74. The van der Waals surface area contributed by atoms with E-state index in [1.54, 1.807) is 12.1 Å². The first-order valence-corrected chi connectivity index (χ1v) is 5.72. The molecular weight excluding hydrogens is 234 g/mol. The van der Waals surface area contributed by atoms with E-state index in [2.05, 4.69) is 0 Å². The fourth-order valence-electron chi connectivity index (χ4n) is 1.93. The summed E-state index contributed by atoms with van der Waals surface area (Å²) in [5, 5.41) is 9.39. The van der Waals surface area contributed by atoms with Gasteiger partial charge in [-0.15, -0.1) is 0 Å². The molecule has 1 N–H and O–H groups in total. The van der Waals surface area contributed by atoms with E-state index in [1.807, 2.05) is 37.3 Å². The van der Waals surface area contributed by atoms with Crippen LogP contribution in [-0.2, 0) is 0 Å². The highest BCUT2D eigenvalue weighted by Gasteiger charge is 2.19. The van der Waals surface area contributed by atoms with Crippen molar-refractivity contribution < 1.29 is 13.9 Å². The van der Waals surface area contributed by atoms with Gasteiger partial charge in [0.15, 0.2) is 0 Å². The average Bonchev–Trinajstić information content (AvgIpc) is 2.38. The summed E-state index contributed by atoms with van der Waals surface area (Å²) in [5.41, 5.74) is 3.14. The van der Waals surface area contributed by atoms with Gasteiger partial charge in [-0.1, -0.05) is 42.5 Å². The minimum atomic E-state index is -2.77. The molecule has 0 aliphatic heterocycles. The SMILES string of the molecule is Cc1ccccc1-c1cccc(C(O)C(F)F)c1. The molecule has 1 atom stereocenters. The molecule has 0 radical (unpaired) electrons. The van der Waals surface area contributed by atoms with Crippen molar-refractivity contribution in [2.75, 3.05) is 0 Å². The molecule has 0 amide bonds. The normalized spacial score (nSPS) is 12.7. The van der Waals surface area contributed by atoms with E-state index in [4.69, 9.17) is 0 Å². The van der Waals surface area contributed by atoms with Crippen LogP contribution in [0.25, 0.3) is 11.1 Å². The van der Waals surface area contributed by atoms with Crippen LogP contribution in [0.3, 0.4) is 0 Å². The van der Waals surface area contributed by atoms with Crippen molar-refractivity contribution >= 4 is 0 Å². The lowest BCUT2D eigenvalue weighted by atomic mass is 9.97. The third-order valence-electron chi connectivity index (χ3n) is 2.92. The molecule has 0 aromatic heterocycles. The maximum atomic E-state index is 12.5. The van der Waals surface area contributed by atoms with E-state index in [0.717, 1.165) is 16.7 Å². The molecule has 2 aromatic carbocycles. The Morgan fingerprint density at radius 3 is 2.39 bits per heavy atom. The number of hydrogen-bond acceptors (Lipinski definition) is 1. The molecule has 1 nitrogen and oxygen atoms in total. The Labute approximate surface area is 105 Å². The molecule has 94 valence electrons. The molecule has 2 aromatic rings. The van der Waals surface area contributed by atoms with E-state index in [-0.39, 0.29) is 5.56 Å². The number of alkyl halides is 2. The van der Waals surface area contributed by atoms with Gasteiger partial charge in [-0.05, 0) is 35.2 Å². The van der Waals surface area contributed by atoms with Crippen molar-refractivity contribution in [3.63, 3.8) is 0 Å². The predicted molar refractivity (Wildman–Crippen MR) is 67.6 cm³/mol. The van der Waals surface area contributed by atoms with E-state index in [9.17, 15) is 13.9 Å². The first kappa shape index (κ1) is 12.7. The molecule has 2 rings (SSSR count). The van der Waals surface area contributed by atoms with Crippen molar-refractivity contribution in [3.8, 4) is 11.1 Å². The number of rotatable bonds is 3. The number of aryl methyl sites for hydroxylation is 1. The first-order chi connectivity index (χ1) is 8.59. The molecule has 0 bridgehead atoms. The molecule has 0 saturated carbocycles. The van der Waals surface area contributed by atoms with Crippen LogP contribution < -0.4 is 0 Å². The minimum Gasteiger partial charge on any atom is -0.382 e. The van der Waals surface area contributed by atoms with Gasteiger partial charge in [0.2, 0.25) is 0 Å².